The molecule has 1 aromatic rings. The molecule has 0 saturated carbocycles. The van der Waals surface area contributed by atoms with Gasteiger partial charge in [-0.05, 0) is 26.6 Å². The first-order valence-corrected chi connectivity index (χ1v) is 6.76. The second-order valence-electron chi connectivity index (χ2n) is 4.68. The van der Waals surface area contributed by atoms with Gasteiger partial charge >= 0.3 is 0 Å². The summed E-state index contributed by atoms with van der Waals surface area (Å²) in [5.74, 6) is 1.68. The summed E-state index contributed by atoms with van der Waals surface area (Å²) < 4.78 is 10.6. The minimum absolute atomic E-state index is 0.256. The molecule has 0 radical (unpaired) electrons. The van der Waals surface area contributed by atoms with E-state index in [0.717, 1.165) is 36.7 Å². The molecule has 0 amide bonds. The van der Waals surface area contributed by atoms with Gasteiger partial charge in [-0.15, -0.1) is 0 Å². The lowest BCUT2D eigenvalue weighted by Crippen LogP contribution is -2.30. The lowest BCUT2D eigenvalue weighted by Gasteiger charge is -2.20. The molecule has 0 bridgehead atoms. The van der Waals surface area contributed by atoms with E-state index in [0.29, 0.717) is 0 Å². The molecule has 4 heteroatoms. The second-order valence-corrected chi connectivity index (χ2v) is 4.68. The third-order valence-electron chi connectivity index (χ3n) is 3.39. The topological polar surface area (TPSA) is 33.7 Å². The number of rotatable bonds is 8. The number of hydrogen-bond acceptors (Lipinski definition) is 4. The Morgan fingerprint density at radius 3 is 2.58 bits per heavy atom. The van der Waals surface area contributed by atoms with Gasteiger partial charge in [0.25, 0.3) is 0 Å². The van der Waals surface area contributed by atoms with Crippen LogP contribution in [0.25, 0.3) is 0 Å². The first-order chi connectivity index (χ1) is 9.12. The molecule has 1 N–H and O–H groups in total. The van der Waals surface area contributed by atoms with Gasteiger partial charge in [0.2, 0.25) is 0 Å². The van der Waals surface area contributed by atoms with Gasteiger partial charge in [0.05, 0.1) is 14.2 Å². The molecular formula is C15H26N2O2. The Hall–Kier alpha value is -1.26. The third kappa shape index (κ3) is 4.73. The maximum Gasteiger partial charge on any atom is 0.127 e. The van der Waals surface area contributed by atoms with Gasteiger partial charge in [-0.3, -0.25) is 0 Å². The van der Waals surface area contributed by atoms with Crippen molar-refractivity contribution in [1.29, 1.82) is 0 Å². The van der Waals surface area contributed by atoms with E-state index in [-0.39, 0.29) is 6.04 Å². The lowest BCUT2D eigenvalue weighted by atomic mass is 10.1. The smallest absolute Gasteiger partial charge is 0.127 e. The minimum atomic E-state index is 0.256. The summed E-state index contributed by atoms with van der Waals surface area (Å²) in [4.78, 5) is 2.28. The van der Waals surface area contributed by atoms with Crippen molar-refractivity contribution in [2.75, 3.05) is 40.9 Å². The lowest BCUT2D eigenvalue weighted by molar-refractivity contribution is 0.339. The zero-order valence-electron chi connectivity index (χ0n) is 12.7. The molecule has 19 heavy (non-hydrogen) atoms. The fraction of sp³-hybridized carbons (Fsp3) is 0.600. The molecule has 0 aliphatic heterocycles. The van der Waals surface area contributed by atoms with E-state index in [2.05, 4.69) is 37.2 Å². The van der Waals surface area contributed by atoms with Gasteiger partial charge < -0.3 is 19.7 Å². The van der Waals surface area contributed by atoms with Crippen LogP contribution in [0.2, 0.25) is 0 Å². The fourth-order valence-corrected chi connectivity index (χ4v) is 1.92. The predicted octanol–water partition coefficient (Wildman–Crippen LogP) is 2.31. The Balaban J connectivity index is 2.63. The molecule has 0 spiro atoms. The van der Waals surface area contributed by atoms with Crippen LogP contribution in [0.1, 0.15) is 25.5 Å². The van der Waals surface area contributed by atoms with Crippen molar-refractivity contribution in [1.82, 2.24) is 10.2 Å². The van der Waals surface area contributed by atoms with E-state index < -0.39 is 0 Å². The van der Waals surface area contributed by atoms with Crippen LogP contribution >= 0.6 is 0 Å². The molecule has 1 atom stereocenters. The number of hydrogen-bond donors (Lipinski definition) is 1. The standard InChI is InChI=1S/C15H26N2O2/c1-6-17(3)10-9-16-12(2)14-8-7-13(18-4)11-15(14)19-5/h7-8,11-12,16H,6,9-10H2,1-5H3. The van der Waals surface area contributed by atoms with Gasteiger partial charge in [0.1, 0.15) is 11.5 Å². The summed E-state index contributed by atoms with van der Waals surface area (Å²) in [7, 11) is 5.48. The number of nitrogens with one attached hydrogen (secondary N) is 1. The molecule has 0 aliphatic rings. The van der Waals surface area contributed by atoms with Crippen LogP contribution in [-0.4, -0.2) is 45.8 Å². The normalized spacial score (nSPS) is 12.5. The highest BCUT2D eigenvalue weighted by atomic mass is 16.5. The monoisotopic (exact) mass is 266 g/mol. The number of nitrogens with zero attached hydrogens (tertiary/aromatic N) is 1. The van der Waals surface area contributed by atoms with Crippen LogP contribution in [0.3, 0.4) is 0 Å². The zero-order valence-corrected chi connectivity index (χ0v) is 12.7. The van der Waals surface area contributed by atoms with Gasteiger partial charge in [0, 0.05) is 30.8 Å². The van der Waals surface area contributed by atoms with E-state index in [4.69, 9.17) is 9.47 Å². The minimum Gasteiger partial charge on any atom is -0.497 e. The maximum atomic E-state index is 5.43. The number of likely N-dealkylation sites (N-methyl/N-ethyl adjacent to an activating group) is 1. The molecule has 0 saturated heterocycles. The van der Waals surface area contributed by atoms with Crippen molar-refractivity contribution in [2.45, 2.75) is 19.9 Å². The van der Waals surface area contributed by atoms with E-state index in [1.165, 1.54) is 0 Å². The maximum absolute atomic E-state index is 5.43. The first-order valence-electron chi connectivity index (χ1n) is 6.76. The van der Waals surface area contributed by atoms with Crippen molar-refractivity contribution >= 4 is 0 Å². The summed E-state index contributed by atoms with van der Waals surface area (Å²) in [5, 5.41) is 3.51. The Labute approximate surface area is 116 Å². The summed E-state index contributed by atoms with van der Waals surface area (Å²) in [6, 6.07) is 6.20. The largest absolute Gasteiger partial charge is 0.497 e. The second kappa shape index (κ2) is 8.02. The molecule has 0 fully saturated rings. The summed E-state index contributed by atoms with van der Waals surface area (Å²) in [6.07, 6.45) is 0. The van der Waals surface area contributed by atoms with E-state index in [9.17, 15) is 0 Å². The summed E-state index contributed by atoms with van der Waals surface area (Å²) >= 11 is 0. The molecule has 0 heterocycles. The van der Waals surface area contributed by atoms with Gasteiger partial charge in [-0.25, -0.2) is 0 Å². The number of methoxy groups -OCH3 is 2. The van der Waals surface area contributed by atoms with E-state index in [1.807, 2.05) is 12.1 Å². The Morgan fingerprint density at radius 1 is 1.26 bits per heavy atom. The average molecular weight is 266 g/mol. The van der Waals surface area contributed by atoms with Gasteiger partial charge in [-0.2, -0.15) is 0 Å². The Kier molecular flexibility index (Phi) is 6.67. The number of ether oxygens (including phenoxy) is 2. The molecule has 1 aromatic carbocycles. The molecule has 0 aromatic heterocycles. The molecule has 0 aliphatic carbocycles. The van der Waals surface area contributed by atoms with Crippen LogP contribution in [0.5, 0.6) is 11.5 Å². The summed E-state index contributed by atoms with van der Waals surface area (Å²) in [6.45, 7) is 7.38. The average Bonchev–Trinajstić information content (AvgIpc) is 2.45. The third-order valence-corrected chi connectivity index (χ3v) is 3.39. The Bertz CT molecular complexity index is 382. The molecule has 1 rings (SSSR count). The van der Waals surface area contributed by atoms with Crippen molar-refractivity contribution in [3.05, 3.63) is 23.8 Å². The van der Waals surface area contributed by atoms with Crippen LogP contribution in [-0.2, 0) is 0 Å². The van der Waals surface area contributed by atoms with Crippen LogP contribution in [0.15, 0.2) is 18.2 Å². The highest BCUT2D eigenvalue weighted by Crippen LogP contribution is 2.29. The molecule has 1 unspecified atom stereocenters. The highest BCUT2D eigenvalue weighted by molar-refractivity contribution is 5.42. The Morgan fingerprint density at radius 2 is 2.00 bits per heavy atom. The van der Waals surface area contributed by atoms with Crippen molar-refractivity contribution in [3.63, 3.8) is 0 Å². The van der Waals surface area contributed by atoms with E-state index >= 15 is 0 Å². The van der Waals surface area contributed by atoms with E-state index in [1.54, 1.807) is 14.2 Å². The fourth-order valence-electron chi connectivity index (χ4n) is 1.92. The zero-order chi connectivity index (χ0) is 14.3. The van der Waals surface area contributed by atoms with Gasteiger partial charge in [-0.1, -0.05) is 13.0 Å². The SMILES string of the molecule is CCN(C)CCNC(C)c1ccc(OC)cc1OC. The quantitative estimate of drug-likeness (QED) is 0.783. The summed E-state index contributed by atoms with van der Waals surface area (Å²) in [5.41, 5.74) is 1.16. The highest BCUT2D eigenvalue weighted by Gasteiger charge is 2.11. The van der Waals surface area contributed by atoms with Crippen LogP contribution in [0, 0.1) is 0 Å². The predicted molar refractivity (Wildman–Crippen MR) is 79.1 cm³/mol. The van der Waals surface area contributed by atoms with Crippen LogP contribution in [0.4, 0.5) is 0 Å². The molecule has 108 valence electrons. The van der Waals surface area contributed by atoms with Crippen molar-refractivity contribution in [3.8, 4) is 11.5 Å². The van der Waals surface area contributed by atoms with Gasteiger partial charge in [0.15, 0.2) is 0 Å². The molecule has 4 nitrogen and oxygen atoms in total. The van der Waals surface area contributed by atoms with Crippen molar-refractivity contribution < 1.29 is 9.47 Å². The first kappa shape index (κ1) is 15.8. The van der Waals surface area contributed by atoms with Crippen LogP contribution < -0.4 is 14.8 Å². The van der Waals surface area contributed by atoms with Crippen molar-refractivity contribution in [2.24, 2.45) is 0 Å². The molecular weight excluding hydrogens is 240 g/mol. The number of benzene rings is 1.